The molecular formula is C20H23BrN2O. The summed E-state index contributed by atoms with van der Waals surface area (Å²) >= 11 is 3.65. The van der Waals surface area contributed by atoms with Crippen LogP contribution in [0.5, 0.6) is 5.75 Å². The Morgan fingerprint density at radius 3 is 2.75 bits per heavy atom. The number of hydrogen-bond acceptors (Lipinski definition) is 3. The van der Waals surface area contributed by atoms with Crippen molar-refractivity contribution in [2.75, 3.05) is 25.0 Å². The summed E-state index contributed by atoms with van der Waals surface area (Å²) in [5, 5.41) is 10.1. The lowest BCUT2D eigenvalue weighted by Crippen LogP contribution is -2.47. The van der Waals surface area contributed by atoms with Gasteiger partial charge in [0, 0.05) is 30.0 Å². The highest BCUT2D eigenvalue weighted by Crippen LogP contribution is 2.54. The van der Waals surface area contributed by atoms with Gasteiger partial charge in [-0.2, -0.15) is 0 Å². The lowest BCUT2D eigenvalue weighted by Gasteiger charge is -2.35. The first-order chi connectivity index (χ1) is 11.5. The highest BCUT2D eigenvalue weighted by molar-refractivity contribution is 9.10. The first-order valence-electron chi connectivity index (χ1n) is 8.54. The Morgan fingerprint density at radius 2 is 2.00 bits per heavy atom. The summed E-state index contributed by atoms with van der Waals surface area (Å²) in [5.74, 6) is 0.346. The quantitative estimate of drug-likeness (QED) is 0.858. The molecule has 4 rings (SSSR count). The molecule has 0 aliphatic carbocycles. The van der Waals surface area contributed by atoms with E-state index in [1.165, 1.54) is 16.8 Å². The number of likely N-dealkylation sites (tertiary alicyclic amines) is 1. The number of fused-ring (bicyclic) bond motifs is 3. The number of phenolic OH excluding ortho intramolecular Hbond substituents is 1. The van der Waals surface area contributed by atoms with Crippen LogP contribution in [0.1, 0.15) is 24.5 Å². The third kappa shape index (κ3) is 2.35. The minimum absolute atomic E-state index is 0.0715. The molecule has 0 aromatic heterocycles. The monoisotopic (exact) mass is 386 g/mol. The molecule has 2 aliphatic heterocycles. The van der Waals surface area contributed by atoms with E-state index in [9.17, 15) is 5.11 Å². The van der Waals surface area contributed by atoms with Crippen LogP contribution in [0.3, 0.4) is 0 Å². The Morgan fingerprint density at radius 1 is 1.25 bits per heavy atom. The van der Waals surface area contributed by atoms with Gasteiger partial charge in [-0.15, -0.1) is 0 Å². The largest absolute Gasteiger partial charge is 0.508 e. The fraction of sp³-hybridized carbons (Fsp3) is 0.400. The van der Waals surface area contributed by atoms with E-state index in [4.69, 9.17) is 0 Å². The molecule has 2 aliphatic rings. The second kappa shape index (κ2) is 5.78. The van der Waals surface area contributed by atoms with Crippen LogP contribution in [0.15, 0.2) is 46.9 Å². The minimum Gasteiger partial charge on any atom is -0.508 e. The smallest absolute Gasteiger partial charge is 0.117 e. The van der Waals surface area contributed by atoms with Crippen LogP contribution in [0.2, 0.25) is 0 Å². The number of anilines is 1. The van der Waals surface area contributed by atoms with E-state index in [-0.39, 0.29) is 5.41 Å². The fourth-order valence-corrected chi connectivity index (χ4v) is 5.36. The summed E-state index contributed by atoms with van der Waals surface area (Å²) in [5.41, 5.74) is 3.96. The molecule has 0 spiro atoms. The Labute approximate surface area is 152 Å². The van der Waals surface area contributed by atoms with Crippen LogP contribution in [0.4, 0.5) is 5.69 Å². The zero-order valence-electron chi connectivity index (χ0n) is 14.2. The maximum Gasteiger partial charge on any atom is 0.117 e. The van der Waals surface area contributed by atoms with Gasteiger partial charge in [-0.05, 0) is 52.0 Å². The molecule has 0 radical (unpaired) electrons. The summed E-state index contributed by atoms with van der Waals surface area (Å²) in [4.78, 5) is 4.98. The zero-order chi connectivity index (χ0) is 16.9. The van der Waals surface area contributed by atoms with Crippen molar-refractivity contribution in [3.05, 3.63) is 58.1 Å². The van der Waals surface area contributed by atoms with Crippen molar-refractivity contribution in [1.82, 2.24) is 4.90 Å². The van der Waals surface area contributed by atoms with Crippen molar-refractivity contribution in [1.29, 1.82) is 0 Å². The molecule has 2 atom stereocenters. The Kier molecular flexibility index (Phi) is 3.85. The summed E-state index contributed by atoms with van der Waals surface area (Å²) in [6, 6.07) is 14.5. The highest BCUT2D eigenvalue weighted by atomic mass is 79.9. The molecular weight excluding hydrogens is 364 g/mol. The molecule has 1 saturated heterocycles. The van der Waals surface area contributed by atoms with Crippen molar-refractivity contribution in [3.8, 4) is 5.75 Å². The van der Waals surface area contributed by atoms with Gasteiger partial charge in [0.05, 0.1) is 11.9 Å². The number of nitrogens with zero attached hydrogens (tertiary/aromatic N) is 2. The van der Waals surface area contributed by atoms with Gasteiger partial charge >= 0.3 is 0 Å². The molecule has 24 heavy (non-hydrogen) atoms. The molecule has 0 unspecified atom stereocenters. The van der Waals surface area contributed by atoms with Crippen molar-refractivity contribution in [2.45, 2.75) is 31.3 Å². The first-order valence-corrected chi connectivity index (χ1v) is 9.34. The first kappa shape index (κ1) is 16.0. The van der Waals surface area contributed by atoms with Gasteiger partial charge < -0.3 is 10.0 Å². The lowest BCUT2D eigenvalue weighted by atomic mass is 9.81. The molecule has 1 N–H and O–H groups in total. The maximum atomic E-state index is 10.1. The van der Waals surface area contributed by atoms with E-state index >= 15 is 0 Å². The number of phenols is 1. The molecule has 4 heteroatoms. The second-order valence-corrected chi connectivity index (χ2v) is 8.10. The normalized spacial score (nSPS) is 25.8. The van der Waals surface area contributed by atoms with Gasteiger partial charge in [0.25, 0.3) is 0 Å². The van der Waals surface area contributed by atoms with E-state index in [0.29, 0.717) is 11.9 Å². The van der Waals surface area contributed by atoms with Gasteiger partial charge in [0.2, 0.25) is 0 Å². The Balaban J connectivity index is 1.62. The number of rotatable bonds is 3. The Bertz CT molecular complexity index is 764. The molecule has 2 heterocycles. The van der Waals surface area contributed by atoms with Crippen LogP contribution in [-0.2, 0) is 11.8 Å². The topological polar surface area (TPSA) is 26.7 Å². The van der Waals surface area contributed by atoms with E-state index in [1.807, 2.05) is 6.07 Å². The predicted octanol–water partition coefficient (Wildman–Crippen LogP) is 4.14. The van der Waals surface area contributed by atoms with E-state index in [1.54, 1.807) is 6.07 Å². The fourth-order valence-electron chi connectivity index (χ4n) is 4.63. The molecule has 0 saturated carbocycles. The van der Waals surface area contributed by atoms with Crippen molar-refractivity contribution in [2.24, 2.45) is 0 Å². The predicted molar refractivity (Wildman–Crippen MR) is 102 cm³/mol. The van der Waals surface area contributed by atoms with E-state index in [0.717, 1.165) is 30.4 Å². The van der Waals surface area contributed by atoms with Crippen LogP contribution in [0.25, 0.3) is 0 Å². The van der Waals surface area contributed by atoms with Crippen LogP contribution >= 0.6 is 15.9 Å². The number of aromatic hydroxyl groups is 1. The summed E-state index contributed by atoms with van der Waals surface area (Å²) in [6.07, 6.45) is 2.55. The second-order valence-electron chi connectivity index (χ2n) is 7.25. The lowest BCUT2D eigenvalue weighted by molar-refractivity contribution is 0.226. The van der Waals surface area contributed by atoms with Gasteiger partial charge in [-0.3, -0.25) is 4.90 Å². The maximum absolute atomic E-state index is 10.1. The number of likely N-dealkylation sites (N-methyl/N-ethyl adjacent to an activating group) is 1. The number of benzene rings is 2. The summed E-state index contributed by atoms with van der Waals surface area (Å²) in [6.45, 7) is 4.51. The van der Waals surface area contributed by atoms with Crippen LogP contribution in [-0.4, -0.2) is 36.3 Å². The number of hydrogen-bond donors (Lipinski definition) is 1. The number of halogens is 1. The molecule has 0 amide bonds. The minimum atomic E-state index is 0.0715. The van der Waals surface area contributed by atoms with Crippen LogP contribution in [0, 0.1) is 0 Å². The molecule has 126 valence electrons. The van der Waals surface area contributed by atoms with Crippen molar-refractivity contribution < 1.29 is 5.11 Å². The van der Waals surface area contributed by atoms with E-state index in [2.05, 4.69) is 70.0 Å². The van der Waals surface area contributed by atoms with E-state index < -0.39 is 0 Å². The molecule has 3 nitrogen and oxygen atoms in total. The summed E-state index contributed by atoms with van der Waals surface area (Å²) in [7, 11) is 2.18. The van der Waals surface area contributed by atoms with Crippen LogP contribution < -0.4 is 4.90 Å². The molecule has 2 aromatic rings. The van der Waals surface area contributed by atoms with Crippen molar-refractivity contribution >= 4 is 21.6 Å². The third-order valence-corrected chi connectivity index (χ3v) is 6.35. The molecule has 0 bridgehead atoms. The van der Waals surface area contributed by atoms with Gasteiger partial charge in [0.1, 0.15) is 5.75 Å². The third-order valence-electron chi connectivity index (χ3n) is 5.75. The summed E-state index contributed by atoms with van der Waals surface area (Å²) < 4.78 is 0.985. The molecule has 1 fully saturated rings. The molecule has 2 aromatic carbocycles. The standard InChI is InChI=1S/C20H23BrN2O/c1-20-9-11-23(10-8-14-6-4-3-5-7-14)19(20)22(2)18-16(20)12-15(24)13-17(18)21/h3-7,12-13,19,24H,8-11H2,1-2H3/t19-,20-/m0/s1. The van der Waals surface area contributed by atoms with Gasteiger partial charge in [0.15, 0.2) is 0 Å². The highest BCUT2D eigenvalue weighted by Gasteiger charge is 2.53. The average Bonchev–Trinajstić information content (AvgIpc) is 3.00. The Hall–Kier alpha value is -1.52. The SMILES string of the molecule is CN1c2c(Br)cc(O)cc2[C@]2(C)CCN(CCc3ccccc3)[C@H]12. The van der Waals surface area contributed by atoms with Gasteiger partial charge in [-0.1, -0.05) is 37.3 Å². The zero-order valence-corrected chi connectivity index (χ0v) is 15.8. The van der Waals surface area contributed by atoms with Gasteiger partial charge in [-0.25, -0.2) is 0 Å². The average molecular weight is 387 g/mol. The van der Waals surface area contributed by atoms with Crippen molar-refractivity contribution in [3.63, 3.8) is 0 Å².